The third-order valence-corrected chi connectivity index (χ3v) is 7.27. The third kappa shape index (κ3) is 4.09. The molecule has 5 rings (SSSR count). The SMILES string of the molecule is Cc1cc(C)c2sc(N(CCCN3CCOCC3)C(=O)c3nnc4n3CCC4)nc2c1. The topological polar surface area (TPSA) is 76.4 Å². The number of thiazole rings is 1. The largest absolute Gasteiger partial charge is 0.379 e. The zero-order valence-electron chi connectivity index (χ0n) is 18.1. The number of carbonyl (C=O) groups is 1. The molecule has 1 aromatic carbocycles. The lowest BCUT2D eigenvalue weighted by Crippen LogP contribution is -2.39. The van der Waals surface area contributed by atoms with E-state index in [-0.39, 0.29) is 5.91 Å². The maximum Gasteiger partial charge on any atom is 0.298 e. The third-order valence-electron chi connectivity index (χ3n) is 6.05. The molecule has 31 heavy (non-hydrogen) atoms. The van der Waals surface area contributed by atoms with Crippen molar-refractivity contribution in [2.45, 2.75) is 39.7 Å². The summed E-state index contributed by atoms with van der Waals surface area (Å²) in [6.45, 7) is 10.0. The summed E-state index contributed by atoms with van der Waals surface area (Å²) >= 11 is 1.59. The van der Waals surface area contributed by atoms with Gasteiger partial charge in [0.2, 0.25) is 5.82 Å². The maximum atomic E-state index is 13.6. The van der Waals surface area contributed by atoms with E-state index < -0.39 is 0 Å². The van der Waals surface area contributed by atoms with E-state index >= 15 is 0 Å². The Kier molecular flexibility index (Phi) is 5.73. The molecule has 0 saturated carbocycles. The van der Waals surface area contributed by atoms with Crippen LogP contribution in [-0.2, 0) is 17.7 Å². The van der Waals surface area contributed by atoms with Crippen molar-refractivity contribution in [3.8, 4) is 0 Å². The number of anilines is 1. The van der Waals surface area contributed by atoms with Gasteiger partial charge in [-0.3, -0.25) is 14.6 Å². The van der Waals surface area contributed by atoms with E-state index in [9.17, 15) is 4.79 Å². The molecule has 4 heterocycles. The molecular formula is C22H28N6O2S. The van der Waals surface area contributed by atoms with Gasteiger partial charge < -0.3 is 9.30 Å². The molecule has 0 unspecified atom stereocenters. The van der Waals surface area contributed by atoms with Crippen molar-refractivity contribution in [1.82, 2.24) is 24.6 Å². The first-order valence-electron chi connectivity index (χ1n) is 11.0. The maximum absolute atomic E-state index is 13.6. The lowest BCUT2D eigenvalue weighted by atomic mass is 10.1. The van der Waals surface area contributed by atoms with Crippen LogP contribution in [0.15, 0.2) is 12.1 Å². The van der Waals surface area contributed by atoms with Crippen LogP contribution < -0.4 is 4.90 Å². The van der Waals surface area contributed by atoms with Crippen molar-refractivity contribution >= 4 is 32.6 Å². The number of fused-ring (bicyclic) bond motifs is 2. The van der Waals surface area contributed by atoms with E-state index in [1.165, 1.54) is 11.1 Å². The van der Waals surface area contributed by atoms with Crippen LogP contribution in [-0.4, -0.2) is 69.9 Å². The molecule has 8 nitrogen and oxygen atoms in total. The number of morpholine rings is 1. The highest BCUT2D eigenvalue weighted by atomic mass is 32.1. The van der Waals surface area contributed by atoms with Gasteiger partial charge in [-0.1, -0.05) is 17.4 Å². The molecule has 0 spiro atoms. The summed E-state index contributed by atoms with van der Waals surface area (Å²) < 4.78 is 8.56. The molecular weight excluding hydrogens is 412 g/mol. The second-order valence-electron chi connectivity index (χ2n) is 8.39. The van der Waals surface area contributed by atoms with Crippen LogP contribution in [0, 0.1) is 13.8 Å². The van der Waals surface area contributed by atoms with E-state index in [2.05, 4.69) is 41.1 Å². The molecule has 1 amide bonds. The van der Waals surface area contributed by atoms with Crippen molar-refractivity contribution in [3.63, 3.8) is 0 Å². The molecule has 0 radical (unpaired) electrons. The summed E-state index contributed by atoms with van der Waals surface area (Å²) in [7, 11) is 0. The minimum absolute atomic E-state index is 0.101. The Morgan fingerprint density at radius 1 is 1.19 bits per heavy atom. The van der Waals surface area contributed by atoms with Crippen LogP contribution in [0.4, 0.5) is 5.13 Å². The monoisotopic (exact) mass is 440 g/mol. The fraction of sp³-hybridized carbons (Fsp3) is 0.545. The van der Waals surface area contributed by atoms with Crippen molar-refractivity contribution in [1.29, 1.82) is 0 Å². The molecule has 9 heteroatoms. The number of benzene rings is 1. The van der Waals surface area contributed by atoms with Gasteiger partial charge in [0, 0.05) is 39.1 Å². The highest BCUT2D eigenvalue weighted by Gasteiger charge is 2.29. The molecule has 2 aromatic heterocycles. The predicted molar refractivity (Wildman–Crippen MR) is 121 cm³/mol. The van der Waals surface area contributed by atoms with Gasteiger partial charge in [-0.15, -0.1) is 10.2 Å². The van der Waals surface area contributed by atoms with Gasteiger partial charge in [-0.2, -0.15) is 0 Å². The Hall–Kier alpha value is -2.36. The first-order valence-corrected chi connectivity index (χ1v) is 11.8. The fourth-order valence-corrected chi connectivity index (χ4v) is 5.51. The average Bonchev–Trinajstić information content (AvgIpc) is 3.47. The zero-order chi connectivity index (χ0) is 21.4. The van der Waals surface area contributed by atoms with Crippen LogP contribution in [0.25, 0.3) is 10.2 Å². The molecule has 0 bridgehead atoms. The minimum Gasteiger partial charge on any atom is -0.379 e. The zero-order valence-corrected chi connectivity index (χ0v) is 19.0. The minimum atomic E-state index is -0.101. The van der Waals surface area contributed by atoms with Gasteiger partial charge in [-0.25, -0.2) is 4.98 Å². The molecule has 164 valence electrons. The van der Waals surface area contributed by atoms with Gasteiger partial charge in [-0.05, 0) is 43.9 Å². The van der Waals surface area contributed by atoms with E-state index in [0.29, 0.717) is 12.4 Å². The van der Waals surface area contributed by atoms with Crippen LogP contribution in [0.5, 0.6) is 0 Å². The Bertz CT molecular complexity index is 1100. The van der Waals surface area contributed by atoms with Crippen LogP contribution in [0.1, 0.15) is 40.4 Å². The van der Waals surface area contributed by atoms with Gasteiger partial charge >= 0.3 is 0 Å². The summed E-state index contributed by atoms with van der Waals surface area (Å²) in [6, 6.07) is 4.26. The molecule has 1 saturated heterocycles. The summed E-state index contributed by atoms with van der Waals surface area (Å²) in [4.78, 5) is 22.7. The molecule has 0 aliphatic carbocycles. The number of hydrogen-bond donors (Lipinski definition) is 0. The van der Waals surface area contributed by atoms with Gasteiger partial charge in [0.15, 0.2) is 5.13 Å². The van der Waals surface area contributed by atoms with E-state index in [1.54, 1.807) is 11.3 Å². The lowest BCUT2D eigenvalue weighted by molar-refractivity contribution is 0.0376. The summed E-state index contributed by atoms with van der Waals surface area (Å²) in [5, 5.41) is 9.22. The first kappa shape index (κ1) is 20.5. The second-order valence-corrected chi connectivity index (χ2v) is 9.36. The predicted octanol–water partition coefficient (Wildman–Crippen LogP) is 2.82. The molecule has 0 N–H and O–H groups in total. The van der Waals surface area contributed by atoms with Crippen molar-refractivity contribution in [2.24, 2.45) is 0 Å². The summed E-state index contributed by atoms with van der Waals surface area (Å²) in [5.74, 6) is 1.24. The van der Waals surface area contributed by atoms with Gasteiger partial charge in [0.1, 0.15) is 5.82 Å². The quantitative estimate of drug-likeness (QED) is 0.587. The number of rotatable bonds is 6. The normalized spacial score (nSPS) is 16.7. The number of nitrogens with zero attached hydrogens (tertiary/aromatic N) is 6. The molecule has 2 aliphatic rings. The molecule has 0 atom stereocenters. The lowest BCUT2D eigenvalue weighted by Gasteiger charge is -2.27. The first-order chi connectivity index (χ1) is 15.1. The second kappa shape index (κ2) is 8.64. The standard InChI is InChI=1S/C22H28N6O2S/c1-15-13-16(2)19-17(14-15)23-22(31-19)28(8-4-6-26-9-11-30-12-10-26)21(29)20-25-24-18-5-3-7-27(18)20/h13-14H,3-12H2,1-2H3. The number of aromatic nitrogens is 4. The molecule has 1 fully saturated rings. The smallest absolute Gasteiger partial charge is 0.298 e. The van der Waals surface area contributed by atoms with Crippen molar-refractivity contribution in [2.75, 3.05) is 44.3 Å². The van der Waals surface area contributed by atoms with Crippen LogP contribution in [0.3, 0.4) is 0 Å². The average molecular weight is 441 g/mol. The number of hydrogen-bond acceptors (Lipinski definition) is 7. The highest BCUT2D eigenvalue weighted by Crippen LogP contribution is 2.33. The van der Waals surface area contributed by atoms with E-state index in [0.717, 1.165) is 79.8 Å². The Balaban J connectivity index is 1.43. The Morgan fingerprint density at radius 3 is 2.87 bits per heavy atom. The van der Waals surface area contributed by atoms with Crippen molar-refractivity contribution < 1.29 is 9.53 Å². The Morgan fingerprint density at radius 2 is 2.03 bits per heavy atom. The van der Waals surface area contributed by atoms with E-state index in [1.807, 2.05) is 9.47 Å². The summed E-state index contributed by atoms with van der Waals surface area (Å²) in [5.41, 5.74) is 3.33. The van der Waals surface area contributed by atoms with Crippen LogP contribution in [0.2, 0.25) is 0 Å². The fourth-order valence-electron chi connectivity index (χ4n) is 4.47. The molecule has 2 aliphatic heterocycles. The Labute approximate surface area is 185 Å². The number of ether oxygens (including phenoxy) is 1. The van der Waals surface area contributed by atoms with E-state index in [4.69, 9.17) is 9.72 Å². The number of carbonyl (C=O) groups excluding carboxylic acids is 1. The number of aryl methyl sites for hydroxylation is 3. The number of amides is 1. The highest BCUT2D eigenvalue weighted by molar-refractivity contribution is 7.22. The van der Waals surface area contributed by atoms with Crippen molar-refractivity contribution in [3.05, 3.63) is 34.9 Å². The summed E-state index contributed by atoms with van der Waals surface area (Å²) in [6.07, 6.45) is 2.78. The molecule has 3 aromatic rings. The van der Waals surface area contributed by atoms with Gasteiger partial charge in [0.25, 0.3) is 5.91 Å². The van der Waals surface area contributed by atoms with Gasteiger partial charge in [0.05, 0.1) is 23.4 Å². The van der Waals surface area contributed by atoms with Crippen LogP contribution >= 0.6 is 11.3 Å².